The van der Waals surface area contributed by atoms with Crippen LogP contribution in [-0.4, -0.2) is 53.4 Å². The second-order valence-electron chi connectivity index (χ2n) is 6.43. The Kier molecular flexibility index (Phi) is 4.09. The van der Waals surface area contributed by atoms with Crippen molar-refractivity contribution in [3.8, 4) is 0 Å². The number of rotatable bonds is 4. The van der Waals surface area contributed by atoms with Crippen molar-refractivity contribution in [3.63, 3.8) is 0 Å². The van der Waals surface area contributed by atoms with Gasteiger partial charge in [-0.05, 0) is 25.0 Å². The lowest BCUT2D eigenvalue weighted by atomic mass is 9.96. The second-order valence-corrected chi connectivity index (χ2v) is 6.43. The molecule has 0 aromatic carbocycles. The molecule has 8 heteroatoms. The summed E-state index contributed by atoms with van der Waals surface area (Å²) in [5, 5.41) is 13.0. The number of aromatic nitrogens is 6. The fourth-order valence-corrected chi connectivity index (χ4v) is 3.42. The molecular weight excluding hydrogens is 318 g/mol. The predicted octanol–water partition coefficient (Wildman–Crippen LogP) is 1.41. The third-order valence-electron chi connectivity index (χ3n) is 4.78. The molecule has 1 amide bonds. The number of hydrogen-bond acceptors (Lipinski definition) is 4. The zero-order valence-corrected chi connectivity index (χ0v) is 14.2. The molecule has 8 nitrogen and oxygen atoms in total. The van der Waals surface area contributed by atoms with Gasteiger partial charge in [0.15, 0.2) is 5.82 Å². The van der Waals surface area contributed by atoms with Gasteiger partial charge in [-0.15, -0.1) is 10.2 Å². The van der Waals surface area contributed by atoms with Gasteiger partial charge >= 0.3 is 0 Å². The molecule has 1 aliphatic rings. The van der Waals surface area contributed by atoms with Crippen LogP contribution in [0.3, 0.4) is 0 Å². The van der Waals surface area contributed by atoms with E-state index >= 15 is 0 Å². The highest BCUT2D eigenvalue weighted by atomic mass is 16.2. The third kappa shape index (κ3) is 3.07. The molecular formula is C17H21N7O. The molecule has 1 fully saturated rings. The minimum Gasteiger partial charge on any atom is -0.367 e. The number of aromatic amines is 1. The molecule has 3 aromatic rings. The highest BCUT2D eigenvalue weighted by molar-refractivity contribution is 5.94. The molecule has 0 saturated carbocycles. The van der Waals surface area contributed by atoms with Crippen molar-refractivity contribution in [3.05, 3.63) is 54.1 Å². The maximum atomic E-state index is 12.6. The van der Waals surface area contributed by atoms with E-state index in [2.05, 4.69) is 20.3 Å². The van der Waals surface area contributed by atoms with Gasteiger partial charge in [-0.2, -0.15) is 5.10 Å². The Labute approximate surface area is 145 Å². The molecule has 1 saturated heterocycles. The van der Waals surface area contributed by atoms with Gasteiger partial charge in [0.2, 0.25) is 0 Å². The Morgan fingerprint density at radius 3 is 3.08 bits per heavy atom. The van der Waals surface area contributed by atoms with Gasteiger partial charge < -0.3 is 14.5 Å². The third-order valence-corrected chi connectivity index (χ3v) is 4.78. The summed E-state index contributed by atoms with van der Waals surface area (Å²) in [6.45, 7) is 2.06. The van der Waals surface area contributed by atoms with E-state index in [-0.39, 0.29) is 11.8 Å². The van der Waals surface area contributed by atoms with E-state index in [4.69, 9.17) is 0 Å². The fourth-order valence-electron chi connectivity index (χ4n) is 3.42. The summed E-state index contributed by atoms with van der Waals surface area (Å²) in [7, 11) is 1.99. The lowest BCUT2D eigenvalue weighted by Crippen LogP contribution is -2.39. The normalized spacial score (nSPS) is 17.8. The van der Waals surface area contributed by atoms with Gasteiger partial charge in [-0.3, -0.25) is 9.48 Å². The van der Waals surface area contributed by atoms with Gasteiger partial charge in [0.05, 0.1) is 5.56 Å². The summed E-state index contributed by atoms with van der Waals surface area (Å²) in [5.41, 5.74) is 0.706. The zero-order valence-electron chi connectivity index (χ0n) is 14.2. The van der Waals surface area contributed by atoms with E-state index in [0.29, 0.717) is 18.7 Å². The number of nitrogens with one attached hydrogen (secondary N) is 1. The van der Waals surface area contributed by atoms with Crippen molar-refractivity contribution in [2.75, 3.05) is 13.1 Å². The second kappa shape index (κ2) is 6.54. The largest absolute Gasteiger partial charge is 0.367 e. The van der Waals surface area contributed by atoms with Gasteiger partial charge in [-0.25, -0.2) is 0 Å². The van der Waals surface area contributed by atoms with E-state index in [9.17, 15) is 4.79 Å². The van der Waals surface area contributed by atoms with Crippen LogP contribution in [0.2, 0.25) is 0 Å². The van der Waals surface area contributed by atoms with E-state index in [0.717, 1.165) is 31.0 Å². The number of piperidine rings is 1. The molecule has 0 spiro atoms. The Morgan fingerprint density at radius 1 is 1.40 bits per heavy atom. The van der Waals surface area contributed by atoms with Crippen molar-refractivity contribution in [1.82, 2.24) is 34.4 Å². The average molecular weight is 339 g/mol. The first-order valence-corrected chi connectivity index (χ1v) is 8.50. The van der Waals surface area contributed by atoms with Crippen molar-refractivity contribution in [1.29, 1.82) is 0 Å². The molecule has 130 valence electrons. The Bertz CT molecular complexity index is 835. The number of amides is 1. The van der Waals surface area contributed by atoms with Gasteiger partial charge in [0, 0.05) is 50.8 Å². The fraction of sp³-hybridized carbons (Fsp3) is 0.412. The standard InChI is InChI=1S/C17H21N7O/c1-22-15(12-24-9-3-6-19-24)20-21-16(22)14-4-2-8-23(11-14)17(25)13-5-7-18-10-13/h3,5-7,9-10,14,18H,2,4,8,11-12H2,1H3. The van der Waals surface area contributed by atoms with Crippen LogP contribution in [0.4, 0.5) is 0 Å². The number of likely N-dealkylation sites (tertiary alicyclic amines) is 1. The molecule has 1 aliphatic heterocycles. The molecule has 1 atom stereocenters. The van der Waals surface area contributed by atoms with Crippen LogP contribution in [0.25, 0.3) is 0 Å². The highest BCUT2D eigenvalue weighted by Crippen LogP contribution is 2.26. The predicted molar refractivity (Wildman–Crippen MR) is 91.0 cm³/mol. The van der Waals surface area contributed by atoms with Crippen molar-refractivity contribution < 1.29 is 4.79 Å². The van der Waals surface area contributed by atoms with Crippen LogP contribution in [0.1, 0.15) is 40.8 Å². The first-order chi connectivity index (χ1) is 12.2. The zero-order chi connectivity index (χ0) is 17.2. The lowest BCUT2D eigenvalue weighted by molar-refractivity contribution is 0.0703. The Morgan fingerprint density at radius 2 is 2.32 bits per heavy atom. The van der Waals surface area contributed by atoms with Gasteiger partial charge in [0.25, 0.3) is 5.91 Å². The van der Waals surface area contributed by atoms with E-state index in [1.54, 1.807) is 18.6 Å². The molecule has 1 N–H and O–H groups in total. The maximum Gasteiger partial charge on any atom is 0.255 e. The summed E-state index contributed by atoms with van der Waals surface area (Å²) in [6.07, 6.45) is 9.18. The molecule has 0 bridgehead atoms. The number of H-pyrrole nitrogens is 1. The van der Waals surface area contributed by atoms with E-state index < -0.39 is 0 Å². The number of carbonyl (C=O) groups is 1. The minimum absolute atomic E-state index is 0.0740. The number of carbonyl (C=O) groups excluding carboxylic acids is 1. The maximum absolute atomic E-state index is 12.6. The topological polar surface area (TPSA) is 84.6 Å². The molecule has 25 heavy (non-hydrogen) atoms. The molecule has 4 rings (SSSR count). The highest BCUT2D eigenvalue weighted by Gasteiger charge is 2.29. The smallest absolute Gasteiger partial charge is 0.255 e. The summed E-state index contributed by atoms with van der Waals surface area (Å²) in [5.74, 6) is 2.09. The monoisotopic (exact) mass is 339 g/mol. The molecule has 0 aliphatic carbocycles. The van der Waals surface area contributed by atoms with Crippen LogP contribution in [0, 0.1) is 0 Å². The molecule has 3 aromatic heterocycles. The summed E-state index contributed by atoms with van der Waals surface area (Å²) in [6, 6.07) is 3.71. The van der Waals surface area contributed by atoms with Gasteiger partial charge in [0.1, 0.15) is 12.4 Å². The van der Waals surface area contributed by atoms with Crippen LogP contribution >= 0.6 is 0 Å². The Hall–Kier alpha value is -2.90. The first kappa shape index (κ1) is 15.6. The average Bonchev–Trinajstić information content (AvgIpc) is 3.38. The van der Waals surface area contributed by atoms with Crippen LogP contribution < -0.4 is 0 Å². The van der Waals surface area contributed by atoms with Gasteiger partial charge in [-0.1, -0.05) is 0 Å². The quantitative estimate of drug-likeness (QED) is 0.779. The van der Waals surface area contributed by atoms with Crippen LogP contribution in [0.15, 0.2) is 36.9 Å². The Balaban J connectivity index is 1.50. The summed E-state index contributed by atoms with van der Waals surface area (Å²) >= 11 is 0. The van der Waals surface area contributed by atoms with Crippen LogP contribution in [0.5, 0.6) is 0 Å². The molecule has 0 radical (unpaired) electrons. The molecule has 4 heterocycles. The van der Waals surface area contributed by atoms with E-state index in [1.807, 2.05) is 39.5 Å². The van der Waals surface area contributed by atoms with Crippen LogP contribution in [-0.2, 0) is 13.6 Å². The van der Waals surface area contributed by atoms with Crippen molar-refractivity contribution in [2.24, 2.45) is 7.05 Å². The van der Waals surface area contributed by atoms with Crippen molar-refractivity contribution >= 4 is 5.91 Å². The number of hydrogen-bond donors (Lipinski definition) is 1. The van der Waals surface area contributed by atoms with Crippen molar-refractivity contribution in [2.45, 2.75) is 25.3 Å². The van der Waals surface area contributed by atoms with E-state index in [1.165, 1.54) is 0 Å². The minimum atomic E-state index is 0.0740. The SMILES string of the molecule is Cn1c(Cn2cccn2)nnc1C1CCCN(C(=O)c2cc[nH]c2)C1. The summed E-state index contributed by atoms with van der Waals surface area (Å²) in [4.78, 5) is 17.5. The summed E-state index contributed by atoms with van der Waals surface area (Å²) < 4.78 is 3.87. The lowest BCUT2D eigenvalue weighted by Gasteiger charge is -2.32. The molecule has 1 unspecified atom stereocenters. The first-order valence-electron chi connectivity index (χ1n) is 8.50. The number of nitrogens with zero attached hydrogens (tertiary/aromatic N) is 6.